The summed E-state index contributed by atoms with van der Waals surface area (Å²) in [6.45, 7) is 3.70. The van der Waals surface area contributed by atoms with Crippen LogP contribution in [-0.2, 0) is 0 Å². The molecule has 0 radical (unpaired) electrons. The molecule has 0 bridgehead atoms. The van der Waals surface area contributed by atoms with E-state index in [0.29, 0.717) is 5.70 Å². The van der Waals surface area contributed by atoms with Crippen LogP contribution in [0.25, 0.3) is 0 Å². The molecule has 0 saturated heterocycles. The highest BCUT2D eigenvalue weighted by Gasteiger charge is 1.97. The van der Waals surface area contributed by atoms with Gasteiger partial charge in [0.05, 0.1) is 5.69 Å². The molecule has 4 N–H and O–H groups in total. The molecule has 0 spiro atoms. The van der Waals surface area contributed by atoms with Crippen LogP contribution in [0.2, 0.25) is 0 Å². The summed E-state index contributed by atoms with van der Waals surface area (Å²) < 4.78 is 0. The first-order valence-corrected chi connectivity index (χ1v) is 4.00. The van der Waals surface area contributed by atoms with Crippen molar-refractivity contribution in [2.45, 2.75) is 13.8 Å². The maximum absolute atomic E-state index is 5.71. The number of hydrazine groups is 1. The zero-order valence-electron chi connectivity index (χ0n) is 7.86. The van der Waals surface area contributed by atoms with Gasteiger partial charge in [0, 0.05) is 23.8 Å². The first-order valence-electron chi connectivity index (χ1n) is 4.00. The van der Waals surface area contributed by atoms with Gasteiger partial charge >= 0.3 is 0 Å². The first kappa shape index (κ1) is 9.54. The van der Waals surface area contributed by atoms with Crippen molar-refractivity contribution in [1.29, 1.82) is 0 Å². The topological polar surface area (TPSA) is 68.2 Å². The van der Waals surface area contributed by atoms with E-state index in [2.05, 4.69) is 4.98 Å². The summed E-state index contributed by atoms with van der Waals surface area (Å²) in [5.74, 6) is 5.71. The number of nitrogens with two attached hydrogens (primary N) is 2. The van der Waals surface area contributed by atoms with Gasteiger partial charge in [-0.1, -0.05) is 0 Å². The van der Waals surface area contributed by atoms with Crippen LogP contribution in [-0.4, -0.2) is 4.98 Å². The maximum Gasteiger partial charge on any atom is 0.0602 e. The molecule has 4 heteroatoms. The Morgan fingerprint density at radius 3 is 2.85 bits per heavy atom. The fourth-order valence-corrected chi connectivity index (χ4v) is 0.985. The fraction of sp³-hybridized carbons (Fsp3) is 0.222. The van der Waals surface area contributed by atoms with E-state index >= 15 is 0 Å². The monoisotopic (exact) mass is 178 g/mol. The standard InChI is InChI=1S/C9H14N4/c1-7(10)6-13(11)9-3-4-12-8(2)5-9/h3-6H,10-11H2,1-2H3/b7-6-. The lowest BCUT2D eigenvalue weighted by Gasteiger charge is -2.14. The second-order valence-electron chi connectivity index (χ2n) is 2.94. The third kappa shape index (κ3) is 2.76. The molecule has 0 atom stereocenters. The molecule has 1 rings (SSSR count). The SMILES string of the molecule is C/C(N)=C/N(N)c1ccnc(C)c1. The van der Waals surface area contributed by atoms with Gasteiger partial charge in [0.15, 0.2) is 0 Å². The van der Waals surface area contributed by atoms with Gasteiger partial charge in [-0.2, -0.15) is 0 Å². The van der Waals surface area contributed by atoms with Crippen molar-refractivity contribution in [3.05, 3.63) is 35.9 Å². The molecule has 0 aliphatic rings. The predicted molar refractivity (Wildman–Crippen MR) is 53.6 cm³/mol. The Balaban J connectivity index is 2.89. The number of hydrogen-bond donors (Lipinski definition) is 2. The van der Waals surface area contributed by atoms with Gasteiger partial charge in [-0.05, 0) is 26.0 Å². The summed E-state index contributed by atoms with van der Waals surface area (Å²) in [5, 5.41) is 1.48. The maximum atomic E-state index is 5.71. The summed E-state index contributed by atoms with van der Waals surface area (Å²) in [6, 6.07) is 3.71. The molecule has 0 unspecified atom stereocenters. The number of aromatic nitrogens is 1. The van der Waals surface area contributed by atoms with Crippen molar-refractivity contribution >= 4 is 5.69 Å². The highest BCUT2D eigenvalue weighted by atomic mass is 15.4. The van der Waals surface area contributed by atoms with E-state index in [1.807, 2.05) is 19.1 Å². The zero-order valence-corrected chi connectivity index (χ0v) is 7.86. The minimum Gasteiger partial charge on any atom is -0.401 e. The molecule has 0 aliphatic heterocycles. The van der Waals surface area contributed by atoms with E-state index < -0.39 is 0 Å². The molecule has 0 saturated carbocycles. The molecule has 1 aromatic heterocycles. The Morgan fingerprint density at radius 1 is 1.62 bits per heavy atom. The molecule has 0 fully saturated rings. The lowest BCUT2D eigenvalue weighted by atomic mass is 10.3. The summed E-state index contributed by atoms with van der Waals surface area (Å²) in [7, 11) is 0. The number of allylic oxidation sites excluding steroid dienone is 1. The van der Waals surface area contributed by atoms with Crippen molar-refractivity contribution in [2.75, 3.05) is 5.01 Å². The van der Waals surface area contributed by atoms with E-state index in [9.17, 15) is 0 Å². The Bertz CT molecular complexity index is 315. The molecule has 0 aromatic carbocycles. The number of anilines is 1. The van der Waals surface area contributed by atoms with Gasteiger partial charge in [-0.3, -0.25) is 9.99 Å². The van der Waals surface area contributed by atoms with Crippen LogP contribution in [0.5, 0.6) is 0 Å². The largest absolute Gasteiger partial charge is 0.401 e. The highest BCUT2D eigenvalue weighted by molar-refractivity contribution is 5.47. The van der Waals surface area contributed by atoms with E-state index in [1.165, 1.54) is 5.01 Å². The average Bonchev–Trinajstić information content (AvgIpc) is 2.03. The normalized spacial score (nSPS) is 11.5. The molecule has 70 valence electrons. The minimum absolute atomic E-state index is 0.664. The second-order valence-corrected chi connectivity index (χ2v) is 2.94. The Morgan fingerprint density at radius 2 is 2.31 bits per heavy atom. The molecule has 1 heterocycles. The summed E-state index contributed by atoms with van der Waals surface area (Å²) >= 11 is 0. The lowest BCUT2D eigenvalue weighted by molar-refractivity contribution is 1.04. The highest BCUT2D eigenvalue weighted by Crippen LogP contribution is 2.11. The summed E-state index contributed by atoms with van der Waals surface area (Å²) in [4.78, 5) is 4.07. The van der Waals surface area contributed by atoms with Crippen molar-refractivity contribution < 1.29 is 0 Å². The van der Waals surface area contributed by atoms with Crippen LogP contribution in [0.15, 0.2) is 30.2 Å². The van der Waals surface area contributed by atoms with E-state index in [-0.39, 0.29) is 0 Å². The van der Waals surface area contributed by atoms with E-state index in [4.69, 9.17) is 11.6 Å². The fourth-order valence-electron chi connectivity index (χ4n) is 0.985. The van der Waals surface area contributed by atoms with Crippen molar-refractivity contribution in [2.24, 2.45) is 11.6 Å². The third-order valence-electron chi connectivity index (χ3n) is 1.52. The van der Waals surface area contributed by atoms with Gasteiger partial charge in [-0.25, -0.2) is 5.84 Å². The minimum atomic E-state index is 0.664. The van der Waals surface area contributed by atoms with Crippen LogP contribution in [0.3, 0.4) is 0 Å². The zero-order chi connectivity index (χ0) is 9.84. The second kappa shape index (κ2) is 3.91. The van der Waals surface area contributed by atoms with Crippen molar-refractivity contribution in [3.8, 4) is 0 Å². The number of rotatable bonds is 2. The van der Waals surface area contributed by atoms with Gasteiger partial charge in [0.25, 0.3) is 0 Å². The van der Waals surface area contributed by atoms with E-state index in [1.54, 1.807) is 19.3 Å². The van der Waals surface area contributed by atoms with Gasteiger partial charge in [-0.15, -0.1) is 0 Å². The third-order valence-corrected chi connectivity index (χ3v) is 1.52. The number of hydrogen-bond acceptors (Lipinski definition) is 4. The van der Waals surface area contributed by atoms with Gasteiger partial charge < -0.3 is 5.73 Å². The first-order chi connectivity index (χ1) is 6.09. The van der Waals surface area contributed by atoms with Gasteiger partial charge in [0.2, 0.25) is 0 Å². The quantitative estimate of drug-likeness (QED) is 0.521. The molecule has 0 aliphatic carbocycles. The van der Waals surface area contributed by atoms with Crippen molar-refractivity contribution in [1.82, 2.24) is 4.98 Å². The average molecular weight is 178 g/mol. The molecule has 0 amide bonds. The molecule has 13 heavy (non-hydrogen) atoms. The van der Waals surface area contributed by atoms with Crippen LogP contribution < -0.4 is 16.6 Å². The Kier molecular flexibility index (Phi) is 2.87. The molecular formula is C9H14N4. The number of nitrogens with zero attached hydrogens (tertiary/aromatic N) is 2. The van der Waals surface area contributed by atoms with Crippen LogP contribution in [0.4, 0.5) is 5.69 Å². The predicted octanol–water partition coefficient (Wildman–Crippen LogP) is 0.890. The van der Waals surface area contributed by atoms with Gasteiger partial charge in [0.1, 0.15) is 0 Å². The number of pyridine rings is 1. The van der Waals surface area contributed by atoms with Crippen LogP contribution >= 0.6 is 0 Å². The van der Waals surface area contributed by atoms with Crippen molar-refractivity contribution in [3.63, 3.8) is 0 Å². The summed E-state index contributed by atoms with van der Waals surface area (Å²) in [5.41, 5.74) is 7.96. The summed E-state index contributed by atoms with van der Waals surface area (Å²) in [6.07, 6.45) is 3.37. The Hall–Kier alpha value is -1.55. The molecule has 1 aromatic rings. The van der Waals surface area contributed by atoms with Crippen LogP contribution in [0, 0.1) is 6.92 Å². The smallest absolute Gasteiger partial charge is 0.0602 e. The molecule has 4 nitrogen and oxygen atoms in total. The lowest BCUT2D eigenvalue weighted by Crippen LogP contribution is -2.25. The Labute approximate surface area is 77.8 Å². The van der Waals surface area contributed by atoms with Crippen LogP contribution in [0.1, 0.15) is 12.6 Å². The van der Waals surface area contributed by atoms with E-state index in [0.717, 1.165) is 11.4 Å². The number of aryl methyl sites for hydroxylation is 1. The molecular weight excluding hydrogens is 164 g/mol.